The van der Waals surface area contributed by atoms with Crippen molar-refractivity contribution >= 4 is 50.5 Å². The Balaban J connectivity index is 1.80. The van der Waals surface area contributed by atoms with Gasteiger partial charge in [-0.15, -0.1) is 11.3 Å². The van der Waals surface area contributed by atoms with E-state index in [0.717, 1.165) is 15.6 Å². The number of fused-ring (bicyclic) bond motifs is 1. The highest BCUT2D eigenvalue weighted by Crippen LogP contribution is 2.33. The van der Waals surface area contributed by atoms with Crippen LogP contribution < -0.4 is 9.64 Å². The van der Waals surface area contributed by atoms with Crippen molar-refractivity contribution in [3.8, 4) is 5.75 Å². The molecule has 0 bridgehead atoms. The van der Waals surface area contributed by atoms with Crippen LogP contribution in [0.15, 0.2) is 65.6 Å². The van der Waals surface area contributed by atoms with Crippen LogP contribution >= 0.6 is 22.9 Å². The van der Waals surface area contributed by atoms with Gasteiger partial charge < -0.3 is 14.7 Å². The zero-order valence-electron chi connectivity index (χ0n) is 17.3. The summed E-state index contributed by atoms with van der Waals surface area (Å²) < 4.78 is 33.5. The number of ether oxygens (including phenoxy) is 1. The lowest BCUT2D eigenvalue weighted by molar-refractivity contribution is -0.141. The molecular formula is C22H19ClN2O6S2. The molecule has 2 aromatic carbocycles. The van der Waals surface area contributed by atoms with Gasteiger partial charge in [0, 0.05) is 12.2 Å². The van der Waals surface area contributed by atoms with E-state index in [1.165, 1.54) is 36.3 Å². The molecule has 0 spiro atoms. The third kappa shape index (κ3) is 4.47. The molecule has 3 aromatic rings. The largest absolute Gasteiger partial charge is 0.497 e. The summed E-state index contributed by atoms with van der Waals surface area (Å²) in [4.78, 5) is 27.1. The number of benzene rings is 2. The number of carboxylic acid groups (broad SMARTS) is 1. The van der Waals surface area contributed by atoms with Crippen molar-refractivity contribution in [3.63, 3.8) is 0 Å². The SMILES string of the molecule is COc1ccc(S(=O)(=O)N2Cc3ccccc3N(C(=O)c3ccc(Cl)s3)CC2C(=O)O)cc1. The number of nitrogens with zero attached hydrogens (tertiary/aromatic N) is 2. The van der Waals surface area contributed by atoms with Crippen molar-refractivity contribution in [2.24, 2.45) is 0 Å². The van der Waals surface area contributed by atoms with E-state index < -0.39 is 27.9 Å². The summed E-state index contributed by atoms with van der Waals surface area (Å²) in [6, 6.07) is 14.1. The van der Waals surface area contributed by atoms with Gasteiger partial charge in [-0.3, -0.25) is 9.59 Å². The third-order valence-corrected chi connectivity index (χ3v) is 8.38. The van der Waals surface area contributed by atoms with Crippen LogP contribution in [0.2, 0.25) is 4.34 Å². The van der Waals surface area contributed by atoms with Crippen LogP contribution in [0.3, 0.4) is 0 Å². The van der Waals surface area contributed by atoms with Gasteiger partial charge >= 0.3 is 5.97 Å². The van der Waals surface area contributed by atoms with Gasteiger partial charge in [-0.2, -0.15) is 4.31 Å². The Hall–Kier alpha value is -2.92. The van der Waals surface area contributed by atoms with Crippen LogP contribution in [0.4, 0.5) is 5.69 Å². The van der Waals surface area contributed by atoms with Gasteiger partial charge in [0.1, 0.15) is 11.8 Å². The molecule has 1 amide bonds. The van der Waals surface area contributed by atoms with Crippen molar-refractivity contribution in [3.05, 3.63) is 75.4 Å². The van der Waals surface area contributed by atoms with Crippen LogP contribution in [-0.4, -0.2) is 49.4 Å². The molecule has 1 unspecified atom stereocenters. The summed E-state index contributed by atoms with van der Waals surface area (Å²) in [6.07, 6.45) is 0. The molecule has 1 atom stereocenters. The Morgan fingerprint density at radius 1 is 1.09 bits per heavy atom. The highest BCUT2D eigenvalue weighted by atomic mass is 35.5. The van der Waals surface area contributed by atoms with E-state index in [4.69, 9.17) is 16.3 Å². The Morgan fingerprint density at radius 2 is 1.79 bits per heavy atom. The minimum absolute atomic E-state index is 0.0724. The molecule has 1 aliphatic heterocycles. The first-order chi connectivity index (χ1) is 15.7. The van der Waals surface area contributed by atoms with Gasteiger partial charge in [0.25, 0.3) is 5.91 Å². The molecule has 0 aliphatic carbocycles. The molecule has 172 valence electrons. The molecular weight excluding hydrogens is 488 g/mol. The van der Waals surface area contributed by atoms with Crippen LogP contribution in [0, 0.1) is 0 Å². The number of carboxylic acids is 1. The summed E-state index contributed by atoms with van der Waals surface area (Å²) in [5.74, 6) is -1.34. The van der Waals surface area contributed by atoms with Gasteiger partial charge in [-0.05, 0) is 48.0 Å². The fraction of sp³-hybridized carbons (Fsp3) is 0.182. The molecule has 1 aliphatic rings. The first-order valence-corrected chi connectivity index (χ1v) is 12.4. The summed E-state index contributed by atoms with van der Waals surface area (Å²) >= 11 is 7.05. The number of aliphatic carboxylic acids is 1. The second-order valence-electron chi connectivity index (χ2n) is 7.23. The Kier molecular flexibility index (Phi) is 6.44. The number of carbonyl (C=O) groups is 2. The molecule has 0 saturated heterocycles. The molecule has 4 rings (SSSR count). The molecule has 11 heteroatoms. The Labute approximate surface area is 199 Å². The minimum atomic E-state index is -4.22. The first-order valence-electron chi connectivity index (χ1n) is 9.76. The van der Waals surface area contributed by atoms with E-state index in [1.807, 2.05) is 0 Å². The van der Waals surface area contributed by atoms with E-state index in [2.05, 4.69) is 0 Å². The quantitative estimate of drug-likeness (QED) is 0.565. The van der Waals surface area contributed by atoms with Crippen LogP contribution in [-0.2, 0) is 21.4 Å². The lowest BCUT2D eigenvalue weighted by atomic mass is 10.1. The predicted molar refractivity (Wildman–Crippen MR) is 125 cm³/mol. The normalized spacial score (nSPS) is 16.7. The number of halogens is 1. The van der Waals surface area contributed by atoms with Gasteiger partial charge in [-0.25, -0.2) is 8.42 Å². The number of carbonyl (C=O) groups excluding carboxylic acids is 1. The molecule has 8 nitrogen and oxygen atoms in total. The summed E-state index contributed by atoms with van der Waals surface area (Å²) in [6.45, 7) is -0.577. The van der Waals surface area contributed by atoms with E-state index >= 15 is 0 Å². The Bertz CT molecular complexity index is 1310. The summed E-state index contributed by atoms with van der Waals surface area (Å²) in [7, 11) is -2.76. The number of hydrogen-bond acceptors (Lipinski definition) is 6. The van der Waals surface area contributed by atoms with E-state index in [1.54, 1.807) is 36.4 Å². The first kappa shape index (κ1) is 23.2. The summed E-state index contributed by atoms with van der Waals surface area (Å²) in [5.41, 5.74) is 0.958. The van der Waals surface area contributed by atoms with E-state index in [9.17, 15) is 23.1 Å². The van der Waals surface area contributed by atoms with Crippen LogP contribution in [0.25, 0.3) is 0 Å². The lowest BCUT2D eigenvalue weighted by Gasteiger charge is -2.28. The van der Waals surface area contributed by atoms with E-state index in [-0.39, 0.29) is 18.0 Å². The maximum Gasteiger partial charge on any atom is 0.323 e. The second-order valence-corrected chi connectivity index (χ2v) is 10.8. The zero-order valence-corrected chi connectivity index (χ0v) is 19.7. The minimum Gasteiger partial charge on any atom is -0.497 e. The number of sulfonamides is 1. The lowest BCUT2D eigenvalue weighted by Crippen LogP contribution is -2.50. The zero-order chi connectivity index (χ0) is 23.8. The second kappa shape index (κ2) is 9.14. The number of rotatable bonds is 5. The average Bonchev–Trinajstić information content (AvgIpc) is 3.15. The fourth-order valence-corrected chi connectivity index (χ4v) is 6.18. The standard InChI is InChI=1S/C22H19ClN2O6S2/c1-31-15-6-8-16(9-7-15)33(29,30)25-12-14-4-2-3-5-17(14)24(13-18(25)22(27)28)21(26)19-10-11-20(23)32-19/h2-11,18H,12-13H2,1H3,(H,27,28). The molecule has 0 radical (unpaired) electrons. The van der Waals surface area contributed by atoms with Crippen molar-refractivity contribution in [1.29, 1.82) is 0 Å². The molecule has 2 heterocycles. The van der Waals surface area contributed by atoms with Gasteiger partial charge in [-0.1, -0.05) is 29.8 Å². The van der Waals surface area contributed by atoms with Crippen molar-refractivity contribution in [2.45, 2.75) is 17.5 Å². The van der Waals surface area contributed by atoms with Crippen molar-refractivity contribution < 1.29 is 27.9 Å². The number of hydrogen-bond donors (Lipinski definition) is 1. The number of methoxy groups -OCH3 is 1. The topological polar surface area (TPSA) is 104 Å². The third-order valence-electron chi connectivity index (χ3n) is 5.29. The molecule has 1 N–H and O–H groups in total. The smallest absolute Gasteiger partial charge is 0.323 e. The number of amides is 1. The fourth-order valence-electron chi connectivity index (χ4n) is 3.64. The highest BCUT2D eigenvalue weighted by molar-refractivity contribution is 7.89. The number of para-hydroxylation sites is 1. The number of anilines is 1. The van der Waals surface area contributed by atoms with Gasteiger partial charge in [0.05, 0.1) is 27.8 Å². The van der Waals surface area contributed by atoms with Crippen molar-refractivity contribution in [2.75, 3.05) is 18.6 Å². The predicted octanol–water partition coefficient (Wildman–Crippen LogP) is 3.71. The van der Waals surface area contributed by atoms with E-state index in [0.29, 0.717) is 26.2 Å². The number of thiophene rings is 1. The van der Waals surface area contributed by atoms with Crippen molar-refractivity contribution in [1.82, 2.24) is 4.31 Å². The molecule has 0 fully saturated rings. The van der Waals surface area contributed by atoms with Gasteiger partial charge in [0.15, 0.2) is 0 Å². The van der Waals surface area contributed by atoms with Crippen LogP contribution in [0.5, 0.6) is 5.75 Å². The van der Waals surface area contributed by atoms with Crippen LogP contribution in [0.1, 0.15) is 15.2 Å². The maximum atomic E-state index is 13.5. The average molecular weight is 507 g/mol. The van der Waals surface area contributed by atoms with Gasteiger partial charge in [0.2, 0.25) is 10.0 Å². The highest BCUT2D eigenvalue weighted by Gasteiger charge is 2.41. The molecule has 0 saturated carbocycles. The molecule has 33 heavy (non-hydrogen) atoms. The Morgan fingerprint density at radius 3 is 2.39 bits per heavy atom. The maximum absolute atomic E-state index is 13.5. The summed E-state index contributed by atoms with van der Waals surface area (Å²) in [5, 5.41) is 10.00. The monoisotopic (exact) mass is 506 g/mol. The molecule has 1 aromatic heterocycles.